The molecule has 126 valence electrons. The first-order valence-corrected chi connectivity index (χ1v) is 8.26. The lowest BCUT2D eigenvalue weighted by atomic mass is 9.95. The first kappa shape index (κ1) is 15.5. The first-order chi connectivity index (χ1) is 12.3. The van der Waals surface area contributed by atoms with Crippen molar-refractivity contribution in [2.24, 2.45) is 5.73 Å². The Labute approximate surface area is 145 Å². The number of benzene rings is 2. The Morgan fingerprint density at radius 3 is 2.68 bits per heavy atom. The summed E-state index contributed by atoms with van der Waals surface area (Å²) in [5.41, 5.74) is 11.3. The summed E-state index contributed by atoms with van der Waals surface area (Å²) < 4.78 is 5.21. The highest BCUT2D eigenvalue weighted by molar-refractivity contribution is 5.84. The Kier molecular flexibility index (Phi) is 3.99. The SMILES string of the molecule is COc1ccc(-c2cc(C(CN)c3c[nH]c4ccccc34)[nH]n2)cc1. The smallest absolute Gasteiger partial charge is 0.118 e. The predicted octanol–water partition coefficient (Wildman–Crippen LogP) is 3.66. The molecule has 25 heavy (non-hydrogen) atoms. The van der Waals surface area contributed by atoms with E-state index in [1.165, 1.54) is 10.9 Å². The van der Waals surface area contributed by atoms with Crippen molar-refractivity contribution < 1.29 is 4.74 Å². The van der Waals surface area contributed by atoms with Crippen LogP contribution in [0.3, 0.4) is 0 Å². The summed E-state index contributed by atoms with van der Waals surface area (Å²) in [6.07, 6.45) is 2.04. The fraction of sp³-hybridized carbons (Fsp3) is 0.150. The van der Waals surface area contributed by atoms with Gasteiger partial charge >= 0.3 is 0 Å². The number of nitrogens with one attached hydrogen (secondary N) is 2. The number of nitrogens with zero attached hydrogens (tertiary/aromatic N) is 1. The standard InChI is InChI=1S/C20H20N4O/c1-25-14-8-6-13(7-9-14)19-10-20(24-23-19)16(11-21)17-12-22-18-5-3-2-4-15(17)18/h2-10,12,16,22H,11,21H2,1H3,(H,23,24). The van der Waals surface area contributed by atoms with Gasteiger partial charge < -0.3 is 15.5 Å². The maximum Gasteiger partial charge on any atom is 0.118 e. The second-order valence-corrected chi connectivity index (χ2v) is 6.01. The fourth-order valence-electron chi connectivity index (χ4n) is 3.23. The molecule has 4 aromatic rings. The van der Waals surface area contributed by atoms with Gasteiger partial charge in [-0.15, -0.1) is 0 Å². The molecule has 2 aromatic carbocycles. The van der Waals surface area contributed by atoms with Gasteiger partial charge in [0.05, 0.1) is 12.8 Å². The third-order valence-electron chi connectivity index (χ3n) is 4.59. The van der Waals surface area contributed by atoms with E-state index in [1.54, 1.807) is 7.11 Å². The maximum atomic E-state index is 6.09. The van der Waals surface area contributed by atoms with Gasteiger partial charge in [0.1, 0.15) is 5.75 Å². The van der Waals surface area contributed by atoms with Crippen LogP contribution in [0.25, 0.3) is 22.2 Å². The Morgan fingerprint density at radius 1 is 1.12 bits per heavy atom. The number of aromatic amines is 2. The van der Waals surface area contributed by atoms with Gasteiger partial charge in [-0.3, -0.25) is 5.10 Å². The summed E-state index contributed by atoms with van der Waals surface area (Å²) in [5.74, 6) is 0.897. The van der Waals surface area contributed by atoms with Gasteiger partial charge in [0.2, 0.25) is 0 Å². The monoisotopic (exact) mass is 332 g/mol. The molecular weight excluding hydrogens is 312 g/mol. The van der Waals surface area contributed by atoms with E-state index in [0.29, 0.717) is 6.54 Å². The van der Waals surface area contributed by atoms with Gasteiger partial charge in [0.25, 0.3) is 0 Å². The average molecular weight is 332 g/mol. The van der Waals surface area contributed by atoms with E-state index < -0.39 is 0 Å². The van der Waals surface area contributed by atoms with Crippen molar-refractivity contribution in [1.82, 2.24) is 15.2 Å². The topological polar surface area (TPSA) is 79.7 Å². The highest BCUT2D eigenvalue weighted by Gasteiger charge is 2.19. The summed E-state index contributed by atoms with van der Waals surface area (Å²) in [4.78, 5) is 3.32. The van der Waals surface area contributed by atoms with Crippen LogP contribution in [0.1, 0.15) is 17.2 Å². The maximum absolute atomic E-state index is 6.09. The van der Waals surface area contributed by atoms with Gasteiger partial charge in [0.15, 0.2) is 0 Å². The van der Waals surface area contributed by atoms with Crippen LogP contribution in [0.5, 0.6) is 5.75 Å². The minimum absolute atomic E-state index is 0.0654. The molecule has 2 heterocycles. The molecule has 1 unspecified atom stereocenters. The number of hydrogen-bond acceptors (Lipinski definition) is 3. The largest absolute Gasteiger partial charge is 0.497 e. The second-order valence-electron chi connectivity index (χ2n) is 6.01. The number of aromatic nitrogens is 3. The van der Waals surface area contributed by atoms with Crippen molar-refractivity contribution >= 4 is 10.9 Å². The van der Waals surface area contributed by atoms with E-state index in [0.717, 1.165) is 28.2 Å². The normalized spacial score (nSPS) is 12.4. The molecule has 0 spiro atoms. The molecule has 1 atom stereocenters. The van der Waals surface area contributed by atoms with Crippen molar-refractivity contribution in [1.29, 1.82) is 0 Å². The highest BCUT2D eigenvalue weighted by Crippen LogP contribution is 2.31. The van der Waals surface area contributed by atoms with Crippen LogP contribution in [-0.4, -0.2) is 28.8 Å². The van der Waals surface area contributed by atoms with Crippen LogP contribution < -0.4 is 10.5 Å². The highest BCUT2D eigenvalue weighted by atomic mass is 16.5. The molecule has 0 saturated carbocycles. The van der Waals surface area contributed by atoms with Crippen molar-refractivity contribution in [2.75, 3.05) is 13.7 Å². The average Bonchev–Trinajstić information content (AvgIpc) is 3.31. The summed E-state index contributed by atoms with van der Waals surface area (Å²) in [7, 11) is 1.66. The van der Waals surface area contributed by atoms with Gasteiger partial charge in [-0.05, 0) is 42.0 Å². The Morgan fingerprint density at radius 2 is 1.92 bits per heavy atom. The van der Waals surface area contributed by atoms with Crippen LogP contribution >= 0.6 is 0 Å². The van der Waals surface area contributed by atoms with E-state index in [4.69, 9.17) is 10.5 Å². The number of H-pyrrole nitrogens is 2. The molecular formula is C20H20N4O. The third-order valence-corrected chi connectivity index (χ3v) is 4.59. The van der Waals surface area contributed by atoms with E-state index >= 15 is 0 Å². The van der Waals surface area contributed by atoms with E-state index in [-0.39, 0.29) is 5.92 Å². The zero-order chi connectivity index (χ0) is 17.2. The molecule has 5 nitrogen and oxygen atoms in total. The molecule has 4 rings (SSSR count). The summed E-state index contributed by atoms with van der Waals surface area (Å²) in [6, 6.07) is 18.2. The van der Waals surface area contributed by atoms with Crippen LogP contribution in [0.2, 0.25) is 0 Å². The quantitative estimate of drug-likeness (QED) is 0.522. The fourth-order valence-corrected chi connectivity index (χ4v) is 3.23. The van der Waals surface area contributed by atoms with Gasteiger partial charge in [-0.1, -0.05) is 18.2 Å². The number of para-hydroxylation sites is 1. The van der Waals surface area contributed by atoms with Gasteiger partial charge in [0, 0.05) is 40.8 Å². The lowest BCUT2D eigenvalue weighted by molar-refractivity contribution is 0.415. The summed E-state index contributed by atoms with van der Waals surface area (Å²) >= 11 is 0. The molecule has 0 amide bonds. The van der Waals surface area contributed by atoms with Crippen molar-refractivity contribution in [2.45, 2.75) is 5.92 Å². The van der Waals surface area contributed by atoms with Crippen LogP contribution in [0, 0.1) is 0 Å². The van der Waals surface area contributed by atoms with Crippen LogP contribution in [0.4, 0.5) is 0 Å². The molecule has 0 aliphatic heterocycles. The number of fused-ring (bicyclic) bond motifs is 1. The number of nitrogens with two attached hydrogens (primary N) is 1. The molecule has 0 aliphatic carbocycles. The zero-order valence-corrected chi connectivity index (χ0v) is 14.0. The molecule has 2 aromatic heterocycles. The molecule has 0 bridgehead atoms. The molecule has 0 saturated heterocycles. The predicted molar refractivity (Wildman–Crippen MR) is 99.8 cm³/mol. The lowest BCUT2D eigenvalue weighted by Crippen LogP contribution is -2.14. The van der Waals surface area contributed by atoms with Gasteiger partial charge in [-0.2, -0.15) is 5.10 Å². The Bertz CT molecular complexity index is 984. The van der Waals surface area contributed by atoms with Crippen molar-refractivity contribution in [3.63, 3.8) is 0 Å². The number of rotatable bonds is 5. The Hall–Kier alpha value is -3.05. The minimum Gasteiger partial charge on any atom is -0.497 e. The number of methoxy groups -OCH3 is 1. The van der Waals surface area contributed by atoms with Crippen molar-refractivity contribution in [3.05, 3.63) is 72.1 Å². The molecule has 0 fully saturated rings. The van der Waals surface area contributed by atoms with Crippen molar-refractivity contribution in [3.8, 4) is 17.0 Å². The summed E-state index contributed by atoms with van der Waals surface area (Å²) in [6.45, 7) is 0.506. The molecule has 0 aliphatic rings. The lowest BCUT2D eigenvalue weighted by Gasteiger charge is -2.11. The van der Waals surface area contributed by atoms with Gasteiger partial charge in [-0.25, -0.2) is 0 Å². The van der Waals surface area contributed by atoms with E-state index in [2.05, 4.69) is 33.4 Å². The third kappa shape index (κ3) is 2.79. The zero-order valence-electron chi connectivity index (χ0n) is 14.0. The molecule has 5 heteroatoms. The molecule has 4 N–H and O–H groups in total. The second kappa shape index (κ2) is 6.45. The molecule has 0 radical (unpaired) electrons. The van der Waals surface area contributed by atoms with Crippen LogP contribution in [-0.2, 0) is 0 Å². The van der Waals surface area contributed by atoms with Crippen LogP contribution in [0.15, 0.2) is 60.8 Å². The summed E-state index contributed by atoms with van der Waals surface area (Å²) in [5, 5.41) is 8.82. The Balaban J connectivity index is 1.69. The van der Waals surface area contributed by atoms with E-state index in [9.17, 15) is 0 Å². The number of hydrogen-bond donors (Lipinski definition) is 3. The number of ether oxygens (including phenoxy) is 1. The minimum atomic E-state index is 0.0654. The first-order valence-electron chi connectivity index (χ1n) is 8.26. The van der Waals surface area contributed by atoms with E-state index in [1.807, 2.05) is 42.6 Å².